The smallest absolute Gasteiger partial charge is 0.272 e. The van der Waals surface area contributed by atoms with Gasteiger partial charge in [0.05, 0.1) is 15.5 Å². The van der Waals surface area contributed by atoms with Gasteiger partial charge >= 0.3 is 0 Å². The minimum atomic E-state index is -0.745. The van der Waals surface area contributed by atoms with E-state index in [0.717, 1.165) is 0 Å². The lowest BCUT2D eigenvalue weighted by molar-refractivity contribution is -0.385. The summed E-state index contributed by atoms with van der Waals surface area (Å²) in [5.41, 5.74) is 2.57. The van der Waals surface area contributed by atoms with Gasteiger partial charge in [-0.3, -0.25) is 34.6 Å². The SMILES string of the molecule is O=C(Nc1cccc(SC(C(=O)Nc2nc(-c3cccc([N+](=O)[O-])c3)cs2)c2ccccc2)c1)/C(=C\c1ccc([N+](=O)[O-])cc1)NC(=O)c1ccccc1. The van der Waals surface area contributed by atoms with Gasteiger partial charge in [-0.2, -0.15) is 0 Å². The number of carbonyl (C=O) groups excluding carboxylic acids is 3. The molecule has 0 saturated carbocycles. The van der Waals surface area contributed by atoms with Gasteiger partial charge in [0, 0.05) is 51.4 Å². The third-order valence-corrected chi connectivity index (χ3v) is 9.72. The van der Waals surface area contributed by atoms with Crippen LogP contribution in [0.4, 0.5) is 22.2 Å². The summed E-state index contributed by atoms with van der Waals surface area (Å²) in [5, 5.41) is 32.0. The van der Waals surface area contributed by atoms with Crippen molar-refractivity contribution in [1.82, 2.24) is 10.3 Å². The lowest BCUT2D eigenvalue weighted by Gasteiger charge is -2.17. The van der Waals surface area contributed by atoms with E-state index in [-0.39, 0.29) is 23.0 Å². The second kappa shape index (κ2) is 17.0. The van der Waals surface area contributed by atoms with E-state index < -0.39 is 26.9 Å². The maximum atomic E-state index is 13.8. The number of rotatable bonds is 13. The van der Waals surface area contributed by atoms with Crippen molar-refractivity contribution in [3.8, 4) is 11.3 Å². The molecule has 0 fully saturated rings. The molecule has 1 atom stereocenters. The van der Waals surface area contributed by atoms with E-state index in [0.29, 0.717) is 43.7 Å². The molecule has 3 amide bonds. The number of nitrogens with one attached hydrogen (secondary N) is 3. The summed E-state index contributed by atoms with van der Waals surface area (Å²) in [7, 11) is 0. The number of amides is 3. The Morgan fingerprint density at radius 3 is 2.13 bits per heavy atom. The number of hydrogen-bond acceptors (Lipinski definition) is 10. The van der Waals surface area contributed by atoms with Crippen LogP contribution in [-0.4, -0.2) is 32.6 Å². The summed E-state index contributed by atoms with van der Waals surface area (Å²) < 4.78 is 0. The number of benzene rings is 5. The molecule has 54 heavy (non-hydrogen) atoms. The number of thioether (sulfide) groups is 1. The second-order valence-electron chi connectivity index (χ2n) is 11.5. The Morgan fingerprint density at radius 1 is 0.741 bits per heavy atom. The highest BCUT2D eigenvalue weighted by atomic mass is 32.2. The molecule has 6 rings (SSSR count). The third kappa shape index (κ3) is 9.47. The second-order valence-corrected chi connectivity index (χ2v) is 13.5. The summed E-state index contributed by atoms with van der Waals surface area (Å²) in [6.45, 7) is 0. The Kier molecular flexibility index (Phi) is 11.6. The van der Waals surface area contributed by atoms with Crippen LogP contribution in [0.15, 0.2) is 149 Å². The highest BCUT2D eigenvalue weighted by Gasteiger charge is 2.24. The molecule has 5 aromatic carbocycles. The number of non-ortho nitro benzene ring substituents is 2. The fourth-order valence-electron chi connectivity index (χ4n) is 5.10. The first kappa shape index (κ1) is 36.8. The predicted molar refractivity (Wildman–Crippen MR) is 208 cm³/mol. The van der Waals surface area contributed by atoms with Gasteiger partial charge in [-0.25, -0.2) is 4.98 Å². The predicted octanol–water partition coefficient (Wildman–Crippen LogP) is 8.51. The van der Waals surface area contributed by atoms with Crippen molar-refractivity contribution in [2.24, 2.45) is 0 Å². The highest BCUT2D eigenvalue weighted by Crippen LogP contribution is 2.38. The van der Waals surface area contributed by atoms with E-state index in [9.17, 15) is 34.6 Å². The summed E-state index contributed by atoms with van der Waals surface area (Å²) >= 11 is 2.43. The van der Waals surface area contributed by atoms with Crippen LogP contribution in [0, 0.1) is 20.2 Å². The van der Waals surface area contributed by atoms with E-state index in [4.69, 9.17) is 0 Å². The molecular weight excluding hydrogens is 729 g/mol. The van der Waals surface area contributed by atoms with Gasteiger partial charge in [-0.1, -0.05) is 66.7 Å². The van der Waals surface area contributed by atoms with Gasteiger partial charge in [0.25, 0.3) is 23.2 Å². The van der Waals surface area contributed by atoms with E-state index in [2.05, 4.69) is 20.9 Å². The maximum Gasteiger partial charge on any atom is 0.272 e. The molecular formula is C39H28N6O7S2. The normalized spacial score (nSPS) is 11.6. The zero-order valence-corrected chi connectivity index (χ0v) is 29.6. The van der Waals surface area contributed by atoms with Crippen LogP contribution in [0.5, 0.6) is 0 Å². The lowest BCUT2D eigenvalue weighted by Crippen LogP contribution is -2.30. The van der Waals surface area contributed by atoms with Crippen LogP contribution >= 0.6 is 23.1 Å². The molecule has 0 saturated heterocycles. The maximum absolute atomic E-state index is 13.8. The quantitative estimate of drug-likeness (QED) is 0.0449. The van der Waals surface area contributed by atoms with Gasteiger partial charge < -0.3 is 16.0 Å². The number of thiazole rings is 1. The van der Waals surface area contributed by atoms with Crippen LogP contribution in [0.25, 0.3) is 17.3 Å². The number of anilines is 2. The van der Waals surface area contributed by atoms with Gasteiger partial charge in [0.15, 0.2) is 5.13 Å². The molecule has 15 heteroatoms. The molecule has 0 aliphatic heterocycles. The zero-order chi connectivity index (χ0) is 38.0. The average Bonchev–Trinajstić information content (AvgIpc) is 3.66. The average molecular weight is 757 g/mol. The minimum Gasteiger partial charge on any atom is -0.321 e. The van der Waals surface area contributed by atoms with Crippen LogP contribution in [0.3, 0.4) is 0 Å². The fourth-order valence-corrected chi connectivity index (χ4v) is 6.90. The highest BCUT2D eigenvalue weighted by molar-refractivity contribution is 8.00. The number of nitro benzene ring substituents is 2. The Balaban J connectivity index is 1.21. The Labute approximate surface area is 316 Å². The number of hydrogen-bond donors (Lipinski definition) is 3. The Morgan fingerprint density at radius 2 is 1.43 bits per heavy atom. The molecule has 0 spiro atoms. The molecule has 1 aromatic heterocycles. The summed E-state index contributed by atoms with van der Waals surface area (Å²) in [4.78, 5) is 67.1. The first-order chi connectivity index (χ1) is 26.1. The van der Waals surface area contributed by atoms with Gasteiger partial charge in [0.1, 0.15) is 10.9 Å². The molecule has 6 aromatic rings. The van der Waals surface area contributed by atoms with Gasteiger partial charge in [-0.05, 0) is 59.7 Å². The molecule has 0 radical (unpaired) electrons. The topological polar surface area (TPSA) is 186 Å². The number of aromatic nitrogens is 1. The molecule has 1 unspecified atom stereocenters. The lowest BCUT2D eigenvalue weighted by atomic mass is 10.1. The number of nitro groups is 2. The van der Waals surface area contributed by atoms with Crippen molar-refractivity contribution in [2.45, 2.75) is 10.1 Å². The number of carbonyl (C=O) groups is 3. The zero-order valence-electron chi connectivity index (χ0n) is 27.9. The van der Waals surface area contributed by atoms with Crippen molar-refractivity contribution in [3.63, 3.8) is 0 Å². The van der Waals surface area contributed by atoms with Crippen molar-refractivity contribution < 1.29 is 24.2 Å². The van der Waals surface area contributed by atoms with E-state index in [1.165, 1.54) is 65.6 Å². The molecule has 1 heterocycles. The minimum absolute atomic E-state index is 0.0706. The van der Waals surface area contributed by atoms with Crippen molar-refractivity contribution in [3.05, 3.63) is 181 Å². The molecule has 0 bridgehead atoms. The molecule has 3 N–H and O–H groups in total. The van der Waals surface area contributed by atoms with Crippen molar-refractivity contribution in [1.29, 1.82) is 0 Å². The Bertz CT molecular complexity index is 2370. The number of nitrogens with zero attached hydrogens (tertiary/aromatic N) is 3. The monoisotopic (exact) mass is 756 g/mol. The van der Waals surface area contributed by atoms with Gasteiger partial charge in [0.2, 0.25) is 5.91 Å². The summed E-state index contributed by atoms with van der Waals surface area (Å²) in [6.07, 6.45) is 1.41. The van der Waals surface area contributed by atoms with E-state index in [1.54, 1.807) is 72.1 Å². The molecule has 0 aliphatic rings. The molecule has 0 aliphatic carbocycles. The summed E-state index contributed by atoms with van der Waals surface area (Å²) in [5.74, 6) is -1.55. The van der Waals surface area contributed by atoms with Crippen LogP contribution < -0.4 is 16.0 Å². The van der Waals surface area contributed by atoms with E-state index >= 15 is 0 Å². The fraction of sp³-hybridized carbons (Fsp3) is 0.0256. The third-order valence-electron chi connectivity index (χ3n) is 7.72. The summed E-state index contributed by atoms with van der Waals surface area (Å²) in [6, 6.07) is 35.9. The Hall–Kier alpha value is -6.97. The molecule has 13 nitrogen and oxygen atoms in total. The van der Waals surface area contributed by atoms with Crippen LogP contribution in [-0.2, 0) is 9.59 Å². The van der Waals surface area contributed by atoms with Crippen molar-refractivity contribution in [2.75, 3.05) is 10.6 Å². The van der Waals surface area contributed by atoms with Crippen LogP contribution in [0.2, 0.25) is 0 Å². The molecule has 268 valence electrons. The van der Waals surface area contributed by atoms with Crippen molar-refractivity contribution >= 4 is 69.1 Å². The first-order valence-corrected chi connectivity index (χ1v) is 17.9. The van der Waals surface area contributed by atoms with Crippen LogP contribution in [0.1, 0.15) is 26.7 Å². The van der Waals surface area contributed by atoms with E-state index in [1.807, 2.05) is 30.3 Å². The first-order valence-electron chi connectivity index (χ1n) is 16.1. The van der Waals surface area contributed by atoms with Gasteiger partial charge in [-0.15, -0.1) is 23.1 Å². The largest absolute Gasteiger partial charge is 0.321 e. The standard InChI is InChI=1S/C39H28N6O7S2/c46-36(27-11-5-2-6-12-27)41-33(21-25-17-19-30(20-18-25)44(49)50)37(47)40-29-14-8-16-32(23-29)54-35(26-9-3-1-4-10-26)38(48)43-39-42-34(24-53-39)28-13-7-15-31(22-28)45(51)52/h1-24,35H,(H,40,47)(H,41,46)(H,42,43,48)/b33-21+.